The number of aryl methyl sites for hydroxylation is 1. The Hall–Kier alpha value is -1.32. The highest BCUT2D eigenvalue weighted by Gasteiger charge is 2.24. The average Bonchev–Trinajstić information content (AvgIpc) is 2.28. The summed E-state index contributed by atoms with van der Waals surface area (Å²) in [6.07, 6.45) is 4.92. The second kappa shape index (κ2) is 4.28. The summed E-state index contributed by atoms with van der Waals surface area (Å²) in [5.41, 5.74) is -0.0555. The van der Waals surface area contributed by atoms with Gasteiger partial charge < -0.3 is 5.21 Å². The first-order chi connectivity index (χ1) is 7.61. The summed E-state index contributed by atoms with van der Waals surface area (Å²) in [5.74, 6) is -0.458. The van der Waals surface area contributed by atoms with Crippen LogP contribution >= 0.6 is 0 Å². The molecule has 1 N–H and O–H groups in total. The normalized spacial score (nSPS) is 17.6. The molecule has 0 atom stereocenters. The van der Waals surface area contributed by atoms with Crippen molar-refractivity contribution < 1.29 is 9.60 Å². The molecule has 1 aliphatic rings. The fourth-order valence-electron chi connectivity index (χ4n) is 2.45. The Bertz CT molecular complexity index is 447. The lowest BCUT2D eigenvalue weighted by Crippen LogP contribution is -2.26. The van der Waals surface area contributed by atoms with Gasteiger partial charge in [0.25, 0.3) is 5.56 Å². The van der Waals surface area contributed by atoms with Gasteiger partial charge in [-0.25, -0.2) is 4.39 Å². The first kappa shape index (κ1) is 11.2. The Morgan fingerprint density at radius 2 is 2.00 bits per heavy atom. The van der Waals surface area contributed by atoms with E-state index in [1.807, 2.05) is 0 Å². The molecule has 1 aromatic rings. The number of rotatable bonds is 1. The van der Waals surface area contributed by atoms with Crippen molar-refractivity contribution in [1.29, 1.82) is 0 Å². The topological polar surface area (TPSA) is 42.2 Å². The third kappa shape index (κ3) is 1.84. The summed E-state index contributed by atoms with van der Waals surface area (Å²) in [6, 6.07) is 1.13. The van der Waals surface area contributed by atoms with Gasteiger partial charge in [0.15, 0.2) is 0 Å². The molecule has 1 heterocycles. The largest absolute Gasteiger partial charge is 0.425 e. The van der Waals surface area contributed by atoms with Gasteiger partial charge in [0.05, 0.1) is 0 Å². The van der Waals surface area contributed by atoms with Gasteiger partial charge >= 0.3 is 0 Å². The zero-order chi connectivity index (χ0) is 11.7. The van der Waals surface area contributed by atoms with Crippen LogP contribution < -0.4 is 5.56 Å². The van der Waals surface area contributed by atoms with E-state index in [1.54, 1.807) is 6.92 Å². The molecule has 0 aliphatic heterocycles. The number of pyridine rings is 1. The summed E-state index contributed by atoms with van der Waals surface area (Å²) >= 11 is 0. The standard InChI is InChI=1S/C12H16FNO2/c1-8-7-10(15)14(16)12(11(8)13)9-5-3-2-4-6-9/h7,9,16H,2-6H2,1H3. The molecule has 0 bridgehead atoms. The summed E-state index contributed by atoms with van der Waals surface area (Å²) in [4.78, 5) is 11.4. The fourth-order valence-corrected chi connectivity index (χ4v) is 2.45. The Labute approximate surface area is 93.5 Å². The van der Waals surface area contributed by atoms with E-state index in [2.05, 4.69) is 0 Å². The molecular formula is C12H16FNO2. The van der Waals surface area contributed by atoms with Crippen molar-refractivity contribution in [2.45, 2.75) is 44.9 Å². The van der Waals surface area contributed by atoms with Crippen LogP contribution in [-0.2, 0) is 0 Å². The van der Waals surface area contributed by atoms with Crippen molar-refractivity contribution in [3.8, 4) is 0 Å². The van der Waals surface area contributed by atoms with Gasteiger partial charge in [-0.05, 0) is 25.3 Å². The molecule has 88 valence electrons. The second-order valence-electron chi connectivity index (χ2n) is 4.51. The van der Waals surface area contributed by atoms with Crippen molar-refractivity contribution >= 4 is 0 Å². The molecule has 0 aromatic carbocycles. The highest BCUT2D eigenvalue weighted by Crippen LogP contribution is 2.33. The third-order valence-electron chi connectivity index (χ3n) is 3.34. The molecule has 1 aromatic heterocycles. The molecule has 16 heavy (non-hydrogen) atoms. The quantitative estimate of drug-likeness (QED) is 0.746. The van der Waals surface area contributed by atoms with E-state index in [4.69, 9.17) is 0 Å². The zero-order valence-corrected chi connectivity index (χ0v) is 9.37. The van der Waals surface area contributed by atoms with Crippen molar-refractivity contribution in [3.63, 3.8) is 0 Å². The average molecular weight is 225 g/mol. The molecule has 4 heteroatoms. The van der Waals surface area contributed by atoms with Crippen LogP contribution in [0.15, 0.2) is 10.9 Å². The number of aromatic nitrogens is 1. The molecule has 1 aliphatic carbocycles. The molecule has 0 radical (unpaired) electrons. The van der Waals surface area contributed by atoms with E-state index in [1.165, 1.54) is 0 Å². The number of nitrogens with zero attached hydrogens (tertiary/aromatic N) is 1. The summed E-state index contributed by atoms with van der Waals surface area (Å²) in [6.45, 7) is 1.56. The van der Waals surface area contributed by atoms with Gasteiger partial charge in [0.2, 0.25) is 0 Å². The lowest BCUT2D eigenvalue weighted by molar-refractivity contribution is 0.151. The first-order valence-corrected chi connectivity index (χ1v) is 5.72. The van der Waals surface area contributed by atoms with Crippen LogP contribution in [0.5, 0.6) is 0 Å². The second-order valence-corrected chi connectivity index (χ2v) is 4.51. The van der Waals surface area contributed by atoms with Crippen molar-refractivity contribution in [2.24, 2.45) is 0 Å². The molecule has 1 fully saturated rings. The van der Waals surface area contributed by atoms with Crippen LogP contribution in [0.4, 0.5) is 4.39 Å². The predicted octanol–water partition coefficient (Wildman–Crippen LogP) is 2.58. The molecular weight excluding hydrogens is 209 g/mol. The van der Waals surface area contributed by atoms with Gasteiger partial charge in [0.1, 0.15) is 11.5 Å². The van der Waals surface area contributed by atoms with E-state index >= 15 is 0 Å². The first-order valence-electron chi connectivity index (χ1n) is 5.72. The maximum atomic E-state index is 13.9. The maximum absolute atomic E-state index is 13.9. The van der Waals surface area contributed by atoms with Crippen molar-refractivity contribution in [2.75, 3.05) is 0 Å². The van der Waals surface area contributed by atoms with Crippen LogP contribution in [0.2, 0.25) is 0 Å². The minimum absolute atomic E-state index is 0.0219. The van der Waals surface area contributed by atoms with E-state index in [0.717, 1.165) is 38.2 Å². The minimum Gasteiger partial charge on any atom is -0.425 e. The van der Waals surface area contributed by atoms with Gasteiger partial charge in [0, 0.05) is 12.0 Å². The van der Waals surface area contributed by atoms with Gasteiger partial charge in [-0.1, -0.05) is 19.3 Å². The zero-order valence-electron chi connectivity index (χ0n) is 9.37. The van der Waals surface area contributed by atoms with Gasteiger partial charge in [-0.3, -0.25) is 4.79 Å². The van der Waals surface area contributed by atoms with Crippen LogP contribution in [-0.4, -0.2) is 9.94 Å². The lowest BCUT2D eigenvalue weighted by Gasteiger charge is -2.23. The molecule has 3 nitrogen and oxygen atoms in total. The maximum Gasteiger partial charge on any atom is 0.283 e. The molecule has 0 saturated heterocycles. The molecule has 0 amide bonds. The van der Waals surface area contributed by atoms with Crippen molar-refractivity contribution in [1.82, 2.24) is 4.73 Å². The Morgan fingerprint density at radius 3 is 2.62 bits per heavy atom. The van der Waals surface area contributed by atoms with E-state index in [9.17, 15) is 14.4 Å². The number of halogens is 1. The van der Waals surface area contributed by atoms with Crippen LogP contribution in [0.1, 0.15) is 49.3 Å². The van der Waals surface area contributed by atoms with E-state index < -0.39 is 11.4 Å². The third-order valence-corrected chi connectivity index (χ3v) is 3.34. The Balaban J connectivity index is 2.49. The smallest absolute Gasteiger partial charge is 0.283 e. The fraction of sp³-hybridized carbons (Fsp3) is 0.583. The highest BCUT2D eigenvalue weighted by molar-refractivity contribution is 5.22. The van der Waals surface area contributed by atoms with Crippen LogP contribution in [0, 0.1) is 12.7 Å². The van der Waals surface area contributed by atoms with Crippen LogP contribution in [0.3, 0.4) is 0 Å². The van der Waals surface area contributed by atoms with Gasteiger partial charge in [-0.15, -0.1) is 4.73 Å². The number of hydrogen-bond donors (Lipinski definition) is 1. The highest BCUT2D eigenvalue weighted by atomic mass is 19.1. The number of hydrogen-bond acceptors (Lipinski definition) is 2. The SMILES string of the molecule is Cc1cc(=O)n(O)c(C2CCCCC2)c1F. The Kier molecular flexibility index (Phi) is 2.99. The molecule has 0 unspecified atom stereocenters. The molecule has 2 rings (SSSR count). The van der Waals surface area contributed by atoms with Crippen molar-refractivity contribution in [3.05, 3.63) is 33.5 Å². The van der Waals surface area contributed by atoms with Crippen LogP contribution in [0.25, 0.3) is 0 Å². The van der Waals surface area contributed by atoms with E-state index in [-0.39, 0.29) is 11.6 Å². The summed E-state index contributed by atoms with van der Waals surface area (Å²) in [5, 5.41) is 9.62. The lowest BCUT2D eigenvalue weighted by atomic mass is 9.86. The predicted molar refractivity (Wildman–Crippen MR) is 58.4 cm³/mol. The van der Waals surface area contributed by atoms with Gasteiger partial charge in [-0.2, -0.15) is 0 Å². The minimum atomic E-state index is -0.542. The van der Waals surface area contributed by atoms with E-state index in [0.29, 0.717) is 10.3 Å². The molecule has 0 spiro atoms. The summed E-state index contributed by atoms with van der Waals surface area (Å²) < 4.78 is 14.4. The monoisotopic (exact) mass is 225 g/mol. The Morgan fingerprint density at radius 1 is 1.38 bits per heavy atom. The summed E-state index contributed by atoms with van der Waals surface area (Å²) in [7, 11) is 0. The molecule has 1 saturated carbocycles.